The number of nitrogens with zero attached hydrogens (tertiary/aromatic N) is 2. The second-order valence-corrected chi connectivity index (χ2v) is 6.20. The van der Waals surface area contributed by atoms with E-state index in [2.05, 4.69) is 10.3 Å². The van der Waals surface area contributed by atoms with Crippen LogP contribution in [0.2, 0.25) is 0 Å². The first-order valence-electron chi connectivity index (χ1n) is 6.52. The molecule has 0 bridgehead atoms. The molecule has 1 heterocycles. The number of rotatable bonds is 5. The molecular weight excluding hydrogens is 272 g/mol. The highest BCUT2D eigenvalue weighted by Crippen LogP contribution is 2.07. The number of amides is 2. The van der Waals surface area contributed by atoms with Gasteiger partial charge < -0.3 is 16.0 Å². The SMILES string of the molecule is CC(C)(C)NC(=O)N(CCC(N)=S)Cc1cccnc1. The summed E-state index contributed by atoms with van der Waals surface area (Å²) in [5.41, 5.74) is 6.21. The largest absolute Gasteiger partial charge is 0.393 e. The Kier molecular flexibility index (Phi) is 5.88. The standard InChI is InChI=1S/C14H22N4OS/c1-14(2,3)17-13(19)18(8-6-12(15)20)10-11-5-4-7-16-9-11/h4-5,7,9H,6,8,10H2,1-3H3,(H2,15,20)(H,17,19). The highest BCUT2D eigenvalue weighted by molar-refractivity contribution is 7.80. The van der Waals surface area contributed by atoms with E-state index in [-0.39, 0.29) is 11.6 Å². The Morgan fingerprint density at radius 3 is 2.70 bits per heavy atom. The van der Waals surface area contributed by atoms with Gasteiger partial charge in [-0.3, -0.25) is 4.98 Å². The molecule has 1 aromatic rings. The maximum absolute atomic E-state index is 12.3. The quantitative estimate of drug-likeness (QED) is 0.816. The molecule has 3 N–H and O–H groups in total. The molecular formula is C14H22N4OS. The molecule has 0 fully saturated rings. The molecule has 0 spiro atoms. The minimum atomic E-state index is -0.284. The summed E-state index contributed by atoms with van der Waals surface area (Å²) in [4.78, 5) is 18.4. The van der Waals surface area contributed by atoms with Crippen LogP contribution in [0.4, 0.5) is 4.79 Å². The van der Waals surface area contributed by atoms with E-state index < -0.39 is 0 Å². The van der Waals surface area contributed by atoms with Crippen LogP contribution in [0.15, 0.2) is 24.5 Å². The molecule has 0 aromatic carbocycles. The molecule has 0 aliphatic carbocycles. The number of pyridine rings is 1. The maximum Gasteiger partial charge on any atom is 0.318 e. The predicted octanol–water partition coefficient (Wildman–Crippen LogP) is 2.07. The number of urea groups is 1. The fraction of sp³-hybridized carbons (Fsp3) is 0.500. The Morgan fingerprint density at radius 1 is 1.50 bits per heavy atom. The Balaban J connectivity index is 2.74. The molecule has 0 aliphatic rings. The number of hydrogen-bond acceptors (Lipinski definition) is 3. The molecule has 110 valence electrons. The van der Waals surface area contributed by atoms with Gasteiger partial charge in [-0.1, -0.05) is 18.3 Å². The second-order valence-electron chi connectivity index (χ2n) is 5.68. The lowest BCUT2D eigenvalue weighted by Crippen LogP contribution is -2.48. The zero-order valence-corrected chi connectivity index (χ0v) is 13.0. The van der Waals surface area contributed by atoms with E-state index in [1.807, 2.05) is 32.9 Å². The van der Waals surface area contributed by atoms with Gasteiger partial charge in [0.25, 0.3) is 0 Å². The van der Waals surface area contributed by atoms with Crippen LogP contribution in [0.1, 0.15) is 32.8 Å². The predicted molar refractivity (Wildman–Crippen MR) is 84.3 cm³/mol. The fourth-order valence-electron chi connectivity index (χ4n) is 1.61. The van der Waals surface area contributed by atoms with Gasteiger partial charge in [-0.25, -0.2) is 4.79 Å². The molecule has 1 rings (SSSR count). The highest BCUT2D eigenvalue weighted by atomic mass is 32.1. The Morgan fingerprint density at radius 2 is 2.20 bits per heavy atom. The molecule has 5 nitrogen and oxygen atoms in total. The zero-order chi connectivity index (χ0) is 15.2. The summed E-state index contributed by atoms with van der Waals surface area (Å²) in [6.45, 7) is 6.81. The molecule has 0 unspecified atom stereocenters. The van der Waals surface area contributed by atoms with Crippen molar-refractivity contribution < 1.29 is 4.79 Å². The molecule has 2 amide bonds. The summed E-state index contributed by atoms with van der Waals surface area (Å²) >= 11 is 4.88. The molecule has 0 atom stereocenters. The molecule has 0 saturated heterocycles. The van der Waals surface area contributed by atoms with E-state index >= 15 is 0 Å². The number of nitrogens with one attached hydrogen (secondary N) is 1. The van der Waals surface area contributed by atoms with Gasteiger partial charge >= 0.3 is 6.03 Å². The third-order valence-electron chi connectivity index (χ3n) is 2.49. The molecule has 1 aromatic heterocycles. The van der Waals surface area contributed by atoms with Crippen molar-refractivity contribution in [3.05, 3.63) is 30.1 Å². The number of aromatic nitrogens is 1. The molecule has 20 heavy (non-hydrogen) atoms. The van der Waals surface area contributed by atoms with Gasteiger partial charge in [-0.2, -0.15) is 0 Å². The van der Waals surface area contributed by atoms with Gasteiger partial charge in [0.2, 0.25) is 0 Å². The van der Waals surface area contributed by atoms with Crippen molar-refractivity contribution in [2.45, 2.75) is 39.3 Å². The van der Waals surface area contributed by atoms with Crippen molar-refractivity contribution in [1.29, 1.82) is 0 Å². The minimum Gasteiger partial charge on any atom is -0.393 e. The summed E-state index contributed by atoms with van der Waals surface area (Å²) < 4.78 is 0. The van der Waals surface area contributed by atoms with Crippen molar-refractivity contribution >= 4 is 23.2 Å². The monoisotopic (exact) mass is 294 g/mol. The van der Waals surface area contributed by atoms with Crippen molar-refractivity contribution in [3.63, 3.8) is 0 Å². The number of carbonyl (C=O) groups excluding carboxylic acids is 1. The average molecular weight is 294 g/mol. The number of carbonyl (C=O) groups is 1. The van der Waals surface area contributed by atoms with Crippen molar-refractivity contribution in [2.75, 3.05) is 6.54 Å². The van der Waals surface area contributed by atoms with Crippen LogP contribution in [-0.4, -0.2) is 33.0 Å². The summed E-state index contributed by atoms with van der Waals surface area (Å²) in [6, 6.07) is 3.66. The van der Waals surface area contributed by atoms with Crippen LogP contribution in [0, 0.1) is 0 Å². The molecule has 6 heteroatoms. The Bertz CT molecular complexity index is 456. The van der Waals surface area contributed by atoms with E-state index in [1.165, 1.54) is 0 Å². The first-order chi connectivity index (χ1) is 9.28. The zero-order valence-electron chi connectivity index (χ0n) is 12.2. The lowest BCUT2D eigenvalue weighted by atomic mass is 10.1. The van der Waals surface area contributed by atoms with Crippen molar-refractivity contribution in [2.24, 2.45) is 5.73 Å². The van der Waals surface area contributed by atoms with Crippen molar-refractivity contribution in [1.82, 2.24) is 15.2 Å². The van der Waals surface area contributed by atoms with Gasteiger partial charge in [0.05, 0.1) is 4.99 Å². The van der Waals surface area contributed by atoms with E-state index in [1.54, 1.807) is 17.3 Å². The summed E-state index contributed by atoms with van der Waals surface area (Å²) in [6.07, 6.45) is 3.96. The molecule has 0 saturated carbocycles. The molecule has 0 aliphatic heterocycles. The van der Waals surface area contributed by atoms with Gasteiger partial charge in [-0.05, 0) is 32.4 Å². The molecule has 0 radical (unpaired) electrons. The van der Waals surface area contributed by atoms with E-state index in [0.717, 1.165) is 5.56 Å². The first-order valence-corrected chi connectivity index (χ1v) is 6.93. The summed E-state index contributed by atoms with van der Waals surface area (Å²) in [7, 11) is 0. The van der Waals surface area contributed by atoms with E-state index in [0.29, 0.717) is 24.5 Å². The van der Waals surface area contributed by atoms with Crippen LogP contribution < -0.4 is 11.1 Å². The van der Waals surface area contributed by atoms with Gasteiger partial charge in [0, 0.05) is 37.4 Å². The smallest absolute Gasteiger partial charge is 0.318 e. The highest BCUT2D eigenvalue weighted by Gasteiger charge is 2.19. The maximum atomic E-state index is 12.3. The van der Waals surface area contributed by atoms with Crippen molar-refractivity contribution in [3.8, 4) is 0 Å². The minimum absolute atomic E-state index is 0.127. The first kappa shape index (κ1) is 16.4. The van der Waals surface area contributed by atoms with E-state index in [4.69, 9.17) is 18.0 Å². The van der Waals surface area contributed by atoms with Crippen LogP contribution in [0.3, 0.4) is 0 Å². The van der Waals surface area contributed by atoms with Gasteiger partial charge in [0.15, 0.2) is 0 Å². The number of hydrogen-bond donors (Lipinski definition) is 2. The van der Waals surface area contributed by atoms with Crippen LogP contribution in [-0.2, 0) is 6.54 Å². The average Bonchev–Trinajstić information content (AvgIpc) is 2.33. The fourth-order valence-corrected chi connectivity index (χ4v) is 1.70. The third-order valence-corrected chi connectivity index (χ3v) is 2.70. The lowest BCUT2D eigenvalue weighted by molar-refractivity contribution is 0.187. The summed E-state index contributed by atoms with van der Waals surface area (Å²) in [5, 5.41) is 2.95. The Hall–Kier alpha value is -1.69. The summed E-state index contributed by atoms with van der Waals surface area (Å²) in [5.74, 6) is 0. The Labute approximate surface area is 125 Å². The third kappa shape index (κ3) is 6.47. The topological polar surface area (TPSA) is 71.2 Å². The van der Waals surface area contributed by atoms with Crippen LogP contribution in [0.5, 0.6) is 0 Å². The van der Waals surface area contributed by atoms with Crippen LogP contribution >= 0.6 is 12.2 Å². The normalized spacial score (nSPS) is 10.9. The van der Waals surface area contributed by atoms with Gasteiger partial charge in [0.1, 0.15) is 0 Å². The second kappa shape index (κ2) is 7.19. The van der Waals surface area contributed by atoms with Crippen LogP contribution in [0.25, 0.3) is 0 Å². The number of nitrogens with two attached hydrogens (primary N) is 1. The van der Waals surface area contributed by atoms with Gasteiger partial charge in [-0.15, -0.1) is 0 Å². The van der Waals surface area contributed by atoms with E-state index in [9.17, 15) is 4.79 Å². The number of thiocarbonyl (C=S) groups is 1. The lowest BCUT2D eigenvalue weighted by Gasteiger charge is -2.28.